The summed E-state index contributed by atoms with van der Waals surface area (Å²) in [7, 11) is -1.47. The Kier molecular flexibility index (Phi) is 8.35. The molecule has 4 aromatic rings. The van der Waals surface area contributed by atoms with E-state index in [1.807, 2.05) is 32.2 Å². The number of hydrogen-bond acceptors (Lipinski definition) is 10. The summed E-state index contributed by atoms with van der Waals surface area (Å²) in [6.45, 7) is 6.95. The van der Waals surface area contributed by atoms with Crippen LogP contribution in [0.25, 0.3) is 0 Å². The molecule has 2 aromatic carbocycles. The molecule has 2 aromatic heterocycles. The molecule has 1 aliphatic heterocycles. The summed E-state index contributed by atoms with van der Waals surface area (Å²) in [6, 6.07) is 14.9. The minimum absolute atomic E-state index is 0.251. The molecule has 0 aliphatic carbocycles. The highest BCUT2D eigenvalue weighted by atomic mass is 16.5. The average molecular weight is 538 g/mol. The van der Waals surface area contributed by atoms with Crippen LogP contribution in [-0.4, -0.2) is 66.2 Å². The molecule has 40 heavy (non-hydrogen) atoms. The third-order valence-corrected chi connectivity index (χ3v) is 6.94. The summed E-state index contributed by atoms with van der Waals surface area (Å²) in [4.78, 5) is 11.3. The predicted octanol–water partition coefficient (Wildman–Crippen LogP) is 2.15. The SMILES string of the molecule is Cc1cc(C#N)cc(C)c1Oc1ccnc(NC2CCN(Cc3cn(Cc4ccc(B(O)O)cc4)nn3)CC2)n1. The van der Waals surface area contributed by atoms with Gasteiger partial charge in [0.2, 0.25) is 11.8 Å². The number of aromatic nitrogens is 5. The molecule has 204 valence electrons. The number of rotatable bonds is 9. The molecule has 3 N–H and O–H groups in total. The first-order chi connectivity index (χ1) is 19.4. The number of benzene rings is 2. The summed E-state index contributed by atoms with van der Waals surface area (Å²) in [6.07, 6.45) is 5.52. The van der Waals surface area contributed by atoms with Crippen molar-refractivity contribution in [2.45, 2.75) is 45.8 Å². The monoisotopic (exact) mass is 538 g/mol. The Morgan fingerprint density at radius 1 is 1.07 bits per heavy atom. The summed E-state index contributed by atoms with van der Waals surface area (Å²) in [5.74, 6) is 1.69. The van der Waals surface area contributed by atoms with E-state index in [1.54, 1.807) is 41.2 Å². The minimum atomic E-state index is -1.47. The maximum absolute atomic E-state index is 9.25. The number of likely N-dealkylation sites (tertiary alicyclic amines) is 1. The van der Waals surface area contributed by atoms with Gasteiger partial charge in [0, 0.05) is 37.9 Å². The number of anilines is 1. The van der Waals surface area contributed by atoms with Gasteiger partial charge in [-0.15, -0.1) is 5.10 Å². The van der Waals surface area contributed by atoms with Crippen LogP contribution < -0.4 is 15.5 Å². The van der Waals surface area contributed by atoms with Crippen LogP contribution in [0.15, 0.2) is 54.9 Å². The lowest BCUT2D eigenvalue weighted by Gasteiger charge is -2.31. The fourth-order valence-electron chi connectivity index (χ4n) is 4.87. The van der Waals surface area contributed by atoms with E-state index in [0.717, 1.165) is 54.9 Å². The zero-order chi connectivity index (χ0) is 28.1. The summed E-state index contributed by atoms with van der Waals surface area (Å²) >= 11 is 0. The maximum Gasteiger partial charge on any atom is 0.488 e. The van der Waals surface area contributed by atoms with Gasteiger partial charge in [-0.1, -0.05) is 29.5 Å². The molecule has 5 rings (SSSR count). The zero-order valence-corrected chi connectivity index (χ0v) is 22.5. The smallest absolute Gasteiger partial charge is 0.438 e. The number of nitrogens with zero attached hydrogens (tertiary/aromatic N) is 7. The highest BCUT2D eigenvalue weighted by Gasteiger charge is 2.21. The van der Waals surface area contributed by atoms with E-state index < -0.39 is 7.12 Å². The van der Waals surface area contributed by atoms with Crippen LogP contribution in [0.4, 0.5) is 5.95 Å². The average Bonchev–Trinajstić information content (AvgIpc) is 3.38. The Balaban J connectivity index is 1.11. The van der Waals surface area contributed by atoms with Gasteiger partial charge in [-0.3, -0.25) is 4.90 Å². The Bertz CT molecular complexity index is 1470. The van der Waals surface area contributed by atoms with E-state index in [1.165, 1.54) is 0 Å². The van der Waals surface area contributed by atoms with Crippen molar-refractivity contribution in [1.82, 2.24) is 29.9 Å². The second kappa shape index (κ2) is 12.3. The molecule has 1 aliphatic rings. The molecule has 0 spiro atoms. The third-order valence-electron chi connectivity index (χ3n) is 6.94. The highest BCUT2D eigenvalue weighted by molar-refractivity contribution is 6.58. The second-order valence-corrected chi connectivity index (χ2v) is 10.1. The molecule has 12 heteroatoms. The van der Waals surface area contributed by atoms with Crippen LogP contribution in [0.1, 0.15) is 40.8 Å². The lowest BCUT2D eigenvalue weighted by atomic mass is 9.80. The van der Waals surface area contributed by atoms with Crippen molar-refractivity contribution in [2.24, 2.45) is 0 Å². The van der Waals surface area contributed by atoms with Gasteiger partial charge in [-0.2, -0.15) is 10.2 Å². The van der Waals surface area contributed by atoms with E-state index in [2.05, 4.69) is 36.6 Å². The molecule has 0 saturated carbocycles. The largest absolute Gasteiger partial charge is 0.488 e. The van der Waals surface area contributed by atoms with Crippen LogP contribution in [0, 0.1) is 25.2 Å². The highest BCUT2D eigenvalue weighted by Crippen LogP contribution is 2.29. The fourth-order valence-corrected chi connectivity index (χ4v) is 4.87. The quantitative estimate of drug-likeness (QED) is 0.271. The molecular formula is C28H31BN8O3. The van der Waals surface area contributed by atoms with Crippen LogP contribution >= 0.6 is 0 Å². The summed E-state index contributed by atoms with van der Waals surface area (Å²) < 4.78 is 7.86. The van der Waals surface area contributed by atoms with Gasteiger partial charge in [0.1, 0.15) is 5.75 Å². The Hall–Kier alpha value is -4.31. The predicted molar refractivity (Wildman–Crippen MR) is 150 cm³/mol. The molecule has 0 radical (unpaired) electrons. The van der Waals surface area contributed by atoms with E-state index in [0.29, 0.717) is 35.1 Å². The van der Waals surface area contributed by atoms with Gasteiger partial charge in [0.05, 0.1) is 30.1 Å². The lowest BCUT2D eigenvalue weighted by molar-refractivity contribution is 0.208. The number of nitriles is 1. The maximum atomic E-state index is 9.25. The van der Waals surface area contributed by atoms with Gasteiger partial charge in [0.25, 0.3) is 0 Å². The first kappa shape index (κ1) is 27.3. The number of nitrogens with one attached hydrogen (secondary N) is 1. The van der Waals surface area contributed by atoms with Crippen molar-refractivity contribution in [3.05, 3.63) is 82.8 Å². The number of aryl methyl sites for hydroxylation is 2. The lowest BCUT2D eigenvalue weighted by Crippen LogP contribution is -2.39. The Labute approximate surface area is 233 Å². The molecule has 0 unspecified atom stereocenters. The number of ether oxygens (including phenoxy) is 1. The molecule has 3 heterocycles. The van der Waals surface area contributed by atoms with Crippen molar-refractivity contribution in [3.8, 4) is 17.7 Å². The van der Waals surface area contributed by atoms with Gasteiger partial charge >= 0.3 is 7.12 Å². The van der Waals surface area contributed by atoms with E-state index in [9.17, 15) is 15.3 Å². The zero-order valence-electron chi connectivity index (χ0n) is 22.5. The number of piperidine rings is 1. The molecule has 0 amide bonds. The van der Waals surface area contributed by atoms with E-state index in [4.69, 9.17) is 4.74 Å². The Morgan fingerprint density at radius 3 is 2.48 bits per heavy atom. The van der Waals surface area contributed by atoms with Crippen LogP contribution in [0.3, 0.4) is 0 Å². The molecule has 0 atom stereocenters. The van der Waals surface area contributed by atoms with Crippen LogP contribution in [0.2, 0.25) is 0 Å². The van der Waals surface area contributed by atoms with Crippen molar-refractivity contribution < 1.29 is 14.8 Å². The van der Waals surface area contributed by atoms with Crippen molar-refractivity contribution in [2.75, 3.05) is 18.4 Å². The first-order valence-electron chi connectivity index (χ1n) is 13.2. The third kappa shape index (κ3) is 6.82. The van der Waals surface area contributed by atoms with Crippen molar-refractivity contribution in [3.63, 3.8) is 0 Å². The standard InChI is InChI=1S/C28H31BN8O3/c1-19-13-22(15-30)14-20(2)27(19)40-26-7-10-31-28(33-26)32-24-8-11-36(12-9-24)17-25-18-37(35-34-25)16-21-3-5-23(6-4-21)29(38)39/h3-7,10,13-14,18,24,38-39H,8-9,11-12,16-17H2,1-2H3,(H,31,32,33). The van der Waals surface area contributed by atoms with Gasteiger partial charge in [-0.25, -0.2) is 9.67 Å². The minimum Gasteiger partial charge on any atom is -0.438 e. The summed E-state index contributed by atoms with van der Waals surface area (Å²) in [5.41, 5.74) is 4.75. The first-order valence-corrected chi connectivity index (χ1v) is 13.2. The van der Waals surface area contributed by atoms with Gasteiger partial charge < -0.3 is 20.1 Å². The molecule has 11 nitrogen and oxygen atoms in total. The van der Waals surface area contributed by atoms with Crippen LogP contribution in [-0.2, 0) is 13.1 Å². The van der Waals surface area contributed by atoms with Gasteiger partial charge in [0.15, 0.2) is 0 Å². The van der Waals surface area contributed by atoms with E-state index >= 15 is 0 Å². The van der Waals surface area contributed by atoms with E-state index in [-0.39, 0.29) is 6.04 Å². The molecule has 1 saturated heterocycles. The molecule has 0 bridgehead atoms. The number of hydrogen-bond donors (Lipinski definition) is 3. The van der Waals surface area contributed by atoms with Crippen LogP contribution in [0.5, 0.6) is 11.6 Å². The molecular weight excluding hydrogens is 507 g/mol. The Morgan fingerprint density at radius 2 is 1.80 bits per heavy atom. The fraction of sp³-hybridized carbons (Fsp3) is 0.321. The topological polar surface area (TPSA) is 145 Å². The summed E-state index contributed by atoms with van der Waals surface area (Å²) in [5, 5.41) is 39.7. The van der Waals surface area contributed by atoms with Crippen molar-refractivity contribution >= 4 is 18.5 Å². The van der Waals surface area contributed by atoms with Gasteiger partial charge in [-0.05, 0) is 61.0 Å². The normalized spacial score (nSPS) is 14.1. The van der Waals surface area contributed by atoms with Crippen molar-refractivity contribution in [1.29, 1.82) is 5.26 Å². The molecule has 1 fully saturated rings. The second-order valence-electron chi connectivity index (χ2n) is 10.1.